The number of carbonyl (C=O) groups excluding carboxylic acids is 2. The number of hydrogen-bond acceptors (Lipinski definition) is 9. The number of allylic oxidation sites excluding steroid dienone is 16. The minimum atomic E-state index is -4.74. The average molecular weight is 888 g/mol. The van der Waals surface area contributed by atoms with Crippen LogP contribution in [-0.4, -0.2) is 59.9 Å². The lowest BCUT2D eigenvalue weighted by Gasteiger charge is -2.20. The molecule has 0 aliphatic heterocycles. The third kappa shape index (κ3) is 43.1. The average Bonchev–Trinajstić information content (AvgIpc) is 3.25. The van der Waals surface area contributed by atoms with E-state index in [9.17, 15) is 23.8 Å². The maximum Gasteiger partial charge on any atom is 0.472 e. The molecule has 0 aliphatic carbocycles. The summed E-state index contributed by atoms with van der Waals surface area (Å²) >= 11 is 0. The fourth-order valence-corrected chi connectivity index (χ4v) is 6.40. The maximum atomic E-state index is 12.6. The van der Waals surface area contributed by atoms with Crippen molar-refractivity contribution in [1.82, 2.24) is 0 Å². The van der Waals surface area contributed by atoms with Crippen molar-refractivity contribution >= 4 is 25.7 Å². The summed E-state index contributed by atoms with van der Waals surface area (Å²) in [7, 11) is -4.74. The van der Waals surface area contributed by atoms with Crippen molar-refractivity contribution in [3.63, 3.8) is 0 Å². The van der Waals surface area contributed by atoms with Crippen LogP contribution in [0.2, 0.25) is 0 Å². The van der Waals surface area contributed by atoms with Gasteiger partial charge >= 0.3 is 25.7 Å². The van der Waals surface area contributed by atoms with Gasteiger partial charge in [-0.1, -0.05) is 150 Å². The van der Waals surface area contributed by atoms with Crippen LogP contribution in [0.4, 0.5) is 0 Å². The molecule has 0 saturated heterocycles. The molecule has 3 atom stereocenters. The van der Waals surface area contributed by atoms with Crippen LogP contribution in [0.1, 0.15) is 168 Å². The number of carbonyl (C=O) groups is 3. The molecular formula is C50H82NO10P. The lowest BCUT2D eigenvalue weighted by atomic mass is 10.1. The highest BCUT2D eigenvalue weighted by Crippen LogP contribution is 2.43. The number of rotatable bonds is 42. The molecule has 0 heterocycles. The van der Waals surface area contributed by atoms with Gasteiger partial charge in [0, 0.05) is 12.8 Å². The third-order valence-corrected chi connectivity index (χ3v) is 10.3. The zero-order valence-corrected chi connectivity index (χ0v) is 39.1. The molecule has 1 unspecified atom stereocenters. The Labute approximate surface area is 375 Å². The van der Waals surface area contributed by atoms with Crippen LogP contribution in [-0.2, 0) is 37.5 Å². The molecule has 0 fully saturated rings. The van der Waals surface area contributed by atoms with E-state index < -0.39 is 51.1 Å². The third-order valence-electron chi connectivity index (χ3n) is 9.30. The lowest BCUT2D eigenvalue weighted by Crippen LogP contribution is -2.34. The zero-order chi connectivity index (χ0) is 45.6. The number of ether oxygens (including phenoxy) is 2. The van der Waals surface area contributed by atoms with Crippen LogP contribution >= 0.6 is 7.82 Å². The number of carboxylic acids is 1. The van der Waals surface area contributed by atoms with E-state index in [0.29, 0.717) is 12.8 Å². The molecule has 11 nitrogen and oxygen atoms in total. The molecule has 4 N–H and O–H groups in total. The normalized spacial score (nSPS) is 14.5. The number of phosphoric acid groups is 1. The number of hydrogen-bond donors (Lipinski definition) is 3. The molecule has 0 aromatic rings. The second kappa shape index (κ2) is 44.0. The molecule has 0 amide bonds. The van der Waals surface area contributed by atoms with Gasteiger partial charge in [-0.05, 0) is 103 Å². The summed E-state index contributed by atoms with van der Waals surface area (Å²) in [6.45, 7) is 2.67. The van der Waals surface area contributed by atoms with Crippen molar-refractivity contribution in [3.05, 3.63) is 97.2 Å². The van der Waals surface area contributed by atoms with E-state index in [4.69, 9.17) is 24.8 Å². The number of esters is 2. The van der Waals surface area contributed by atoms with Gasteiger partial charge in [-0.3, -0.25) is 23.4 Å². The standard InChI is InChI=1S/C50H82NO10P/c1-3-5-7-9-11-13-15-17-19-21-23-25-27-29-31-33-35-37-39-41-48(52)58-43-46(44-59-62(56,57)60-45-47(51)50(54)55)61-49(53)42-40-38-36-34-32-30-28-26-24-22-20-18-16-14-12-10-8-6-4-2/h11-14,17-20,23-26,29-32,46-47H,3-10,15-16,21-22,27-28,33-45,51H2,1-2H3,(H,54,55)(H,56,57)/b13-11+,14-12+,19-17+,20-18+,25-23+,26-24+,31-29+,32-30+/t46-,47+/m1/s1. The van der Waals surface area contributed by atoms with Gasteiger partial charge in [-0.25, -0.2) is 4.57 Å². The van der Waals surface area contributed by atoms with Gasteiger partial charge in [-0.15, -0.1) is 0 Å². The number of phosphoric ester groups is 1. The summed E-state index contributed by atoms with van der Waals surface area (Å²) in [6.07, 6.45) is 56.1. The quantitative estimate of drug-likeness (QED) is 0.0230. The topological polar surface area (TPSA) is 172 Å². The van der Waals surface area contributed by atoms with Gasteiger partial charge in [0.25, 0.3) is 0 Å². The highest BCUT2D eigenvalue weighted by Gasteiger charge is 2.28. The van der Waals surface area contributed by atoms with Gasteiger partial charge in [0.15, 0.2) is 6.10 Å². The molecular weight excluding hydrogens is 806 g/mol. The summed E-state index contributed by atoms with van der Waals surface area (Å²) in [6, 6.07) is -1.54. The number of carboxylic acid groups (broad SMARTS) is 1. The van der Waals surface area contributed by atoms with Gasteiger partial charge in [-0.2, -0.15) is 0 Å². The van der Waals surface area contributed by atoms with E-state index in [1.165, 1.54) is 51.4 Å². The predicted octanol–water partition coefficient (Wildman–Crippen LogP) is 12.8. The first kappa shape index (κ1) is 58.4. The minimum Gasteiger partial charge on any atom is -0.480 e. The number of aliphatic carboxylic acids is 1. The van der Waals surface area contributed by atoms with Crippen molar-refractivity contribution in [2.45, 2.75) is 180 Å². The molecule has 352 valence electrons. The summed E-state index contributed by atoms with van der Waals surface area (Å²) in [5.41, 5.74) is 5.34. The highest BCUT2D eigenvalue weighted by atomic mass is 31.2. The molecule has 62 heavy (non-hydrogen) atoms. The lowest BCUT2D eigenvalue weighted by molar-refractivity contribution is -0.161. The van der Waals surface area contributed by atoms with Crippen molar-refractivity contribution < 1.29 is 47.5 Å². The number of nitrogens with two attached hydrogens (primary N) is 1. The first-order chi connectivity index (χ1) is 30.1. The smallest absolute Gasteiger partial charge is 0.472 e. The van der Waals surface area contributed by atoms with Crippen molar-refractivity contribution in [2.24, 2.45) is 5.73 Å². The molecule has 0 rings (SSSR count). The van der Waals surface area contributed by atoms with Crippen LogP contribution in [0.15, 0.2) is 97.2 Å². The Morgan fingerprint density at radius 3 is 1.24 bits per heavy atom. The summed E-state index contributed by atoms with van der Waals surface area (Å²) in [5, 5.41) is 8.90. The van der Waals surface area contributed by atoms with Crippen molar-refractivity contribution in [3.8, 4) is 0 Å². The first-order valence-electron chi connectivity index (χ1n) is 23.3. The highest BCUT2D eigenvalue weighted by molar-refractivity contribution is 7.47. The van der Waals surface area contributed by atoms with Gasteiger partial charge in [0.05, 0.1) is 13.2 Å². The molecule has 0 aromatic carbocycles. The van der Waals surface area contributed by atoms with E-state index in [2.05, 4.69) is 116 Å². The fourth-order valence-electron chi connectivity index (χ4n) is 5.62. The molecule has 0 spiro atoms. The van der Waals surface area contributed by atoms with Gasteiger partial charge in [0.1, 0.15) is 12.6 Å². The minimum absolute atomic E-state index is 0.110. The van der Waals surface area contributed by atoms with E-state index in [0.717, 1.165) is 77.0 Å². The van der Waals surface area contributed by atoms with Crippen LogP contribution < -0.4 is 5.73 Å². The zero-order valence-electron chi connectivity index (χ0n) is 38.2. The summed E-state index contributed by atoms with van der Waals surface area (Å²) < 4.78 is 32.7. The van der Waals surface area contributed by atoms with E-state index in [-0.39, 0.29) is 19.4 Å². The largest absolute Gasteiger partial charge is 0.480 e. The Balaban J connectivity index is 4.48. The summed E-state index contributed by atoms with van der Waals surface area (Å²) in [4.78, 5) is 46.1. The van der Waals surface area contributed by atoms with E-state index >= 15 is 0 Å². The predicted molar refractivity (Wildman–Crippen MR) is 253 cm³/mol. The van der Waals surface area contributed by atoms with E-state index in [1.807, 2.05) is 0 Å². The Morgan fingerprint density at radius 1 is 0.500 bits per heavy atom. The van der Waals surface area contributed by atoms with Gasteiger partial charge in [0.2, 0.25) is 0 Å². The fraction of sp³-hybridized carbons (Fsp3) is 0.620. The van der Waals surface area contributed by atoms with Gasteiger partial charge < -0.3 is 25.2 Å². The number of unbranched alkanes of at least 4 members (excludes halogenated alkanes) is 12. The molecule has 0 aliphatic rings. The van der Waals surface area contributed by atoms with Crippen LogP contribution in [0.25, 0.3) is 0 Å². The summed E-state index contributed by atoms with van der Waals surface area (Å²) in [5.74, 6) is -2.47. The molecule has 0 radical (unpaired) electrons. The maximum absolute atomic E-state index is 12.6. The molecule has 12 heteroatoms. The van der Waals surface area contributed by atoms with Crippen LogP contribution in [0.5, 0.6) is 0 Å². The Morgan fingerprint density at radius 2 is 0.855 bits per heavy atom. The van der Waals surface area contributed by atoms with Crippen molar-refractivity contribution in [2.75, 3.05) is 19.8 Å². The second-order valence-electron chi connectivity index (χ2n) is 15.2. The Bertz CT molecular complexity index is 1410. The molecule has 0 saturated carbocycles. The Hall–Kier alpha value is -3.60. The second-order valence-corrected chi connectivity index (χ2v) is 16.6. The first-order valence-corrected chi connectivity index (χ1v) is 24.8. The van der Waals surface area contributed by atoms with Crippen LogP contribution in [0, 0.1) is 0 Å². The molecule has 0 aromatic heterocycles. The van der Waals surface area contributed by atoms with Crippen molar-refractivity contribution in [1.29, 1.82) is 0 Å². The monoisotopic (exact) mass is 888 g/mol. The van der Waals surface area contributed by atoms with Crippen LogP contribution in [0.3, 0.4) is 0 Å². The molecule has 0 bridgehead atoms. The van der Waals surface area contributed by atoms with E-state index in [1.54, 1.807) is 0 Å². The Kier molecular flexibility index (Phi) is 41.5. The SMILES string of the molecule is CCCCC/C=C/C/C=C/C/C=C/C/C=C/CCCCCC(=O)OC[C@H](COP(=O)(O)OC[C@H](N)C(=O)O)OC(=O)CCCCC/C=C/C/C=C/C/C=C/C/C=C/CCCCC.